The van der Waals surface area contributed by atoms with Gasteiger partial charge in [-0.15, -0.1) is 0 Å². The second kappa shape index (κ2) is 12.1. The number of hydrogen-bond donors (Lipinski definition) is 1. The summed E-state index contributed by atoms with van der Waals surface area (Å²) in [6.45, 7) is 2.24. The quantitative estimate of drug-likeness (QED) is 0.483. The molecule has 1 aromatic carbocycles. The molecule has 3 nitrogen and oxygen atoms in total. The minimum atomic E-state index is -0.687. The van der Waals surface area contributed by atoms with Crippen molar-refractivity contribution in [3.05, 3.63) is 35.9 Å². The van der Waals surface area contributed by atoms with Gasteiger partial charge in [-0.25, -0.2) is 0 Å². The van der Waals surface area contributed by atoms with Crippen LogP contribution in [0.4, 0.5) is 0 Å². The fraction of sp³-hybridized carbons (Fsp3) is 0.667. The van der Waals surface area contributed by atoms with Crippen LogP contribution in [0.3, 0.4) is 0 Å². The summed E-state index contributed by atoms with van der Waals surface area (Å²) in [4.78, 5) is 13.3. The maximum atomic E-state index is 11.1. The van der Waals surface area contributed by atoms with Crippen LogP contribution >= 0.6 is 0 Å². The van der Waals surface area contributed by atoms with E-state index in [-0.39, 0.29) is 6.42 Å². The van der Waals surface area contributed by atoms with Gasteiger partial charge < -0.3 is 10.0 Å². The smallest absolute Gasteiger partial charge is 0.303 e. The van der Waals surface area contributed by atoms with Gasteiger partial charge in [0.05, 0.1) is 0 Å². The van der Waals surface area contributed by atoms with Gasteiger partial charge in [-0.1, -0.05) is 75.8 Å². The van der Waals surface area contributed by atoms with Crippen molar-refractivity contribution in [2.45, 2.75) is 70.8 Å². The molecule has 0 aliphatic carbocycles. The second-order valence-corrected chi connectivity index (χ2v) is 7.07. The molecule has 136 valence electrons. The second-order valence-electron chi connectivity index (χ2n) is 7.07. The number of carboxylic acid groups (broad SMARTS) is 1. The van der Waals surface area contributed by atoms with Gasteiger partial charge in [0.2, 0.25) is 0 Å². The number of hydrogen-bond acceptors (Lipinski definition) is 2. The molecule has 0 bridgehead atoms. The molecule has 0 heterocycles. The first kappa shape index (κ1) is 20.7. The van der Waals surface area contributed by atoms with Crippen LogP contribution in [0.15, 0.2) is 30.3 Å². The normalized spacial score (nSPS) is 13.8. The zero-order valence-electron chi connectivity index (χ0n) is 15.7. The third kappa shape index (κ3) is 7.96. The molecule has 24 heavy (non-hydrogen) atoms. The van der Waals surface area contributed by atoms with Crippen molar-refractivity contribution in [2.75, 3.05) is 14.1 Å². The van der Waals surface area contributed by atoms with Gasteiger partial charge in [-0.3, -0.25) is 4.79 Å². The summed E-state index contributed by atoms with van der Waals surface area (Å²) in [7, 11) is 4.21. The predicted molar refractivity (Wildman–Crippen MR) is 101 cm³/mol. The van der Waals surface area contributed by atoms with Crippen LogP contribution in [-0.2, 0) is 4.79 Å². The van der Waals surface area contributed by atoms with Crippen LogP contribution in [-0.4, -0.2) is 30.1 Å². The maximum Gasteiger partial charge on any atom is 0.303 e. The molecule has 1 aromatic rings. The minimum Gasteiger partial charge on any atom is -0.481 e. The number of benzene rings is 1. The molecule has 0 spiro atoms. The molecule has 0 amide bonds. The van der Waals surface area contributed by atoms with Gasteiger partial charge in [0.25, 0.3) is 0 Å². The summed E-state index contributed by atoms with van der Waals surface area (Å²) in [6, 6.07) is 10.8. The van der Waals surface area contributed by atoms with Crippen molar-refractivity contribution in [3.63, 3.8) is 0 Å². The lowest BCUT2D eigenvalue weighted by molar-refractivity contribution is -0.137. The first-order valence-corrected chi connectivity index (χ1v) is 9.49. The number of unbranched alkanes of at least 4 members (excludes halogenated alkanes) is 5. The van der Waals surface area contributed by atoms with Crippen molar-refractivity contribution in [3.8, 4) is 0 Å². The molecule has 0 fully saturated rings. The number of carboxylic acids is 1. The molecule has 0 aliphatic rings. The standard InChI is InChI=1S/C21H35NO2/c1-4-5-6-7-8-10-15-19(16-17-20(23)24)21(22(2)3)18-13-11-9-12-14-18/h9,11-14,19,21H,4-8,10,15-17H2,1-3H3,(H,23,24). The molecule has 0 saturated carbocycles. The number of aliphatic carboxylic acids is 1. The topological polar surface area (TPSA) is 40.5 Å². The highest BCUT2D eigenvalue weighted by Crippen LogP contribution is 2.34. The maximum absolute atomic E-state index is 11.1. The van der Waals surface area contributed by atoms with Crippen molar-refractivity contribution in [1.82, 2.24) is 4.90 Å². The van der Waals surface area contributed by atoms with Crippen molar-refractivity contribution in [1.29, 1.82) is 0 Å². The average molecular weight is 334 g/mol. The minimum absolute atomic E-state index is 0.262. The van der Waals surface area contributed by atoms with E-state index in [0.717, 1.165) is 12.8 Å². The largest absolute Gasteiger partial charge is 0.481 e. The Morgan fingerprint density at radius 2 is 1.62 bits per heavy atom. The Morgan fingerprint density at radius 1 is 1.00 bits per heavy atom. The van der Waals surface area contributed by atoms with E-state index in [1.165, 1.54) is 44.1 Å². The molecule has 1 rings (SSSR count). The van der Waals surface area contributed by atoms with Gasteiger partial charge in [0, 0.05) is 12.5 Å². The summed E-state index contributed by atoms with van der Waals surface area (Å²) < 4.78 is 0. The van der Waals surface area contributed by atoms with Gasteiger partial charge >= 0.3 is 5.97 Å². The van der Waals surface area contributed by atoms with E-state index in [2.05, 4.69) is 50.2 Å². The summed E-state index contributed by atoms with van der Waals surface area (Å²) in [5, 5.41) is 9.11. The van der Waals surface area contributed by atoms with Crippen LogP contribution in [0.1, 0.15) is 76.3 Å². The summed E-state index contributed by atoms with van der Waals surface area (Å²) in [5.74, 6) is -0.293. The van der Waals surface area contributed by atoms with Gasteiger partial charge in [0.1, 0.15) is 0 Å². The molecule has 0 aromatic heterocycles. The van der Waals surface area contributed by atoms with Crippen LogP contribution in [0, 0.1) is 5.92 Å². The van der Waals surface area contributed by atoms with Crippen molar-refractivity contribution >= 4 is 5.97 Å². The average Bonchev–Trinajstić information content (AvgIpc) is 2.56. The van der Waals surface area contributed by atoms with E-state index >= 15 is 0 Å². The van der Waals surface area contributed by atoms with Gasteiger partial charge in [-0.2, -0.15) is 0 Å². The Hall–Kier alpha value is -1.35. The number of nitrogens with zero attached hydrogens (tertiary/aromatic N) is 1. The third-order valence-corrected chi connectivity index (χ3v) is 4.80. The van der Waals surface area contributed by atoms with E-state index in [9.17, 15) is 4.79 Å². The zero-order chi connectivity index (χ0) is 17.8. The van der Waals surface area contributed by atoms with E-state index in [4.69, 9.17) is 5.11 Å². The molecule has 3 heteroatoms. The Balaban J connectivity index is 2.68. The Bertz CT molecular complexity index is 444. The van der Waals surface area contributed by atoms with Crippen molar-refractivity contribution < 1.29 is 9.90 Å². The van der Waals surface area contributed by atoms with E-state index < -0.39 is 5.97 Å². The Morgan fingerprint density at radius 3 is 2.21 bits per heavy atom. The zero-order valence-corrected chi connectivity index (χ0v) is 15.7. The lowest BCUT2D eigenvalue weighted by atomic mass is 9.84. The van der Waals surface area contributed by atoms with E-state index in [1.807, 2.05) is 6.07 Å². The van der Waals surface area contributed by atoms with Crippen LogP contribution in [0.2, 0.25) is 0 Å². The Labute approximate surface area is 148 Å². The van der Waals surface area contributed by atoms with Crippen LogP contribution in [0.25, 0.3) is 0 Å². The van der Waals surface area contributed by atoms with Crippen molar-refractivity contribution in [2.24, 2.45) is 5.92 Å². The SMILES string of the molecule is CCCCCCCCC(CCC(=O)O)C(c1ccccc1)N(C)C. The Kier molecular flexibility index (Phi) is 10.4. The number of rotatable bonds is 13. The monoisotopic (exact) mass is 333 g/mol. The molecular formula is C21H35NO2. The molecule has 1 N–H and O–H groups in total. The summed E-state index contributed by atoms with van der Waals surface area (Å²) in [6.07, 6.45) is 9.81. The van der Waals surface area contributed by atoms with E-state index in [0.29, 0.717) is 12.0 Å². The van der Waals surface area contributed by atoms with E-state index in [1.54, 1.807) is 0 Å². The highest BCUT2D eigenvalue weighted by molar-refractivity contribution is 5.66. The highest BCUT2D eigenvalue weighted by Gasteiger charge is 2.25. The molecule has 2 unspecified atom stereocenters. The molecule has 0 radical (unpaired) electrons. The summed E-state index contributed by atoms with van der Waals surface area (Å²) in [5.41, 5.74) is 1.30. The molecular weight excluding hydrogens is 298 g/mol. The first-order chi connectivity index (χ1) is 11.6. The van der Waals surface area contributed by atoms with Crippen LogP contribution < -0.4 is 0 Å². The highest BCUT2D eigenvalue weighted by atomic mass is 16.4. The van der Waals surface area contributed by atoms with Gasteiger partial charge in [-0.05, 0) is 38.4 Å². The molecule has 2 atom stereocenters. The number of carbonyl (C=O) groups is 1. The summed E-state index contributed by atoms with van der Waals surface area (Å²) >= 11 is 0. The lowest BCUT2D eigenvalue weighted by Gasteiger charge is -2.33. The lowest BCUT2D eigenvalue weighted by Crippen LogP contribution is -2.28. The van der Waals surface area contributed by atoms with Gasteiger partial charge in [0.15, 0.2) is 0 Å². The fourth-order valence-electron chi connectivity index (χ4n) is 3.60. The first-order valence-electron chi connectivity index (χ1n) is 9.49. The third-order valence-electron chi connectivity index (χ3n) is 4.80. The predicted octanol–water partition coefficient (Wildman–Crippen LogP) is 5.52. The van der Waals surface area contributed by atoms with Crippen LogP contribution in [0.5, 0.6) is 0 Å². The molecule has 0 saturated heterocycles. The fourth-order valence-corrected chi connectivity index (χ4v) is 3.60. The molecule has 0 aliphatic heterocycles.